The number of nitrogens with one attached hydrogen (secondary N) is 1. The van der Waals surface area contributed by atoms with Crippen molar-refractivity contribution in [2.24, 2.45) is 0 Å². The molecule has 1 rings (SSSR count). The van der Waals surface area contributed by atoms with E-state index in [4.69, 9.17) is 4.74 Å². The van der Waals surface area contributed by atoms with Gasteiger partial charge < -0.3 is 10.1 Å². The van der Waals surface area contributed by atoms with Gasteiger partial charge in [-0.05, 0) is 25.5 Å². The van der Waals surface area contributed by atoms with Gasteiger partial charge in [0.2, 0.25) is 0 Å². The summed E-state index contributed by atoms with van der Waals surface area (Å²) in [7, 11) is 1.57. The molecule has 0 aliphatic rings. The Hall–Kier alpha value is -1.03. The molecule has 0 heterocycles. The van der Waals surface area contributed by atoms with E-state index in [-0.39, 0.29) is 11.9 Å². The fourth-order valence-corrected chi connectivity index (χ4v) is 2.24. The van der Waals surface area contributed by atoms with Crippen molar-refractivity contribution >= 4 is 21.8 Å². The van der Waals surface area contributed by atoms with Gasteiger partial charge in [-0.1, -0.05) is 35.0 Å². The summed E-state index contributed by atoms with van der Waals surface area (Å²) in [5.74, 6) is 0.507. The summed E-state index contributed by atoms with van der Waals surface area (Å²) >= 11 is 3.47. The van der Waals surface area contributed by atoms with Gasteiger partial charge in [0.1, 0.15) is 5.75 Å². The van der Waals surface area contributed by atoms with Crippen LogP contribution in [0.5, 0.6) is 5.75 Å². The van der Waals surface area contributed by atoms with E-state index in [1.807, 2.05) is 19.1 Å². The number of ether oxygens (including phenoxy) is 1. The topological polar surface area (TPSA) is 38.3 Å². The summed E-state index contributed by atoms with van der Waals surface area (Å²) in [6, 6.07) is 7.35. The lowest BCUT2D eigenvalue weighted by Gasteiger charge is -2.16. The molecule has 4 heteroatoms. The predicted octanol–water partition coefficient (Wildman–Crippen LogP) is 2.99. The van der Waals surface area contributed by atoms with E-state index in [2.05, 4.69) is 28.2 Å². The number of alkyl halides is 1. The summed E-state index contributed by atoms with van der Waals surface area (Å²) in [4.78, 5) is 12.4. The van der Waals surface area contributed by atoms with E-state index >= 15 is 0 Å². The Bertz CT molecular complexity index is 379. The first-order valence-electron chi connectivity index (χ1n) is 5.62. The third-order valence-electron chi connectivity index (χ3n) is 2.41. The molecule has 94 valence electrons. The fraction of sp³-hybridized carbons (Fsp3) is 0.462. The molecule has 1 aromatic rings. The molecule has 1 aromatic carbocycles. The van der Waals surface area contributed by atoms with Crippen LogP contribution in [0.25, 0.3) is 0 Å². The van der Waals surface area contributed by atoms with Crippen LogP contribution in [0.3, 0.4) is 0 Å². The van der Waals surface area contributed by atoms with Gasteiger partial charge in [-0.2, -0.15) is 0 Å². The number of carbonyl (C=O) groups is 1. The maximum Gasteiger partial charge on any atom is 0.255 e. The highest BCUT2D eigenvalue weighted by Crippen LogP contribution is 2.17. The van der Waals surface area contributed by atoms with Crippen LogP contribution in [0.4, 0.5) is 0 Å². The van der Waals surface area contributed by atoms with Crippen molar-refractivity contribution in [3.05, 3.63) is 29.8 Å². The third-order valence-corrected chi connectivity index (χ3v) is 2.78. The van der Waals surface area contributed by atoms with Gasteiger partial charge in [0, 0.05) is 10.9 Å². The summed E-state index contributed by atoms with van der Waals surface area (Å²) in [5.41, 5.74) is 0.573. The summed E-state index contributed by atoms with van der Waals surface area (Å²) in [5, 5.41) is 2.95. The number of hydrogen-bond donors (Lipinski definition) is 1. The largest absolute Gasteiger partial charge is 0.496 e. The number of hydrogen-bond acceptors (Lipinski definition) is 2. The number of benzene rings is 1. The van der Waals surface area contributed by atoms with E-state index in [9.17, 15) is 4.79 Å². The molecule has 0 fully saturated rings. The van der Waals surface area contributed by atoms with Gasteiger partial charge in [0.25, 0.3) is 5.91 Å². The number of para-hydroxylation sites is 1. The lowest BCUT2D eigenvalue weighted by Crippen LogP contribution is -2.34. The molecule has 0 aliphatic carbocycles. The lowest BCUT2D eigenvalue weighted by atomic mass is 10.1. The molecule has 2 unspecified atom stereocenters. The van der Waals surface area contributed by atoms with Crippen molar-refractivity contribution in [3.63, 3.8) is 0 Å². The molecule has 0 aromatic heterocycles. The highest BCUT2D eigenvalue weighted by molar-refractivity contribution is 9.09. The van der Waals surface area contributed by atoms with E-state index in [0.717, 1.165) is 6.42 Å². The zero-order valence-electron chi connectivity index (χ0n) is 10.4. The molecular formula is C13H18BrNO2. The molecule has 1 N–H and O–H groups in total. The van der Waals surface area contributed by atoms with Crippen molar-refractivity contribution in [3.8, 4) is 5.75 Å². The Balaban J connectivity index is 2.69. The van der Waals surface area contributed by atoms with E-state index in [1.54, 1.807) is 19.2 Å². The van der Waals surface area contributed by atoms with Gasteiger partial charge >= 0.3 is 0 Å². The van der Waals surface area contributed by atoms with Crippen molar-refractivity contribution in [2.75, 3.05) is 7.11 Å². The first kappa shape index (κ1) is 14.0. The molecule has 0 aliphatic heterocycles. The van der Waals surface area contributed by atoms with Crippen LogP contribution in [-0.2, 0) is 0 Å². The van der Waals surface area contributed by atoms with Gasteiger partial charge in [0.05, 0.1) is 12.7 Å². The Morgan fingerprint density at radius 3 is 2.65 bits per heavy atom. The molecule has 0 saturated heterocycles. The second-order valence-electron chi connectivity index (χ2n) is 4.09. The first-order valence-corrected chi connectivity index (χ1v) is 6.54. The highest BCUT2D eigenvalue weighted by Gasteiger charge is 2.14. The van der Waals surface area contributed by atoms with Crippen LogP contribution in [0, 0.1) is 0 Å². The summed E-state index contributed by atoms with van der Waals surface area (Å²) in [6.07, 6.45) is 0.890. The van der Waals surface area contributed by atoms with Crippen LogP contribution in [0.1, 0.15) is 30.6 Å². The molecule has 0 saturated carbocycles. The normalized spacial score (nSPS) is 13.9. The molecule has 0 spiro atoms. The maximum atomic E-state index is 12.0. The Morgan fingerprint density at radius 1 is 1.41 bits per heavy atom. The Kier molecular flexibility index (Phi) is 5.48. The molecule has 0 bridgehead atoms. The minimum atomic E-state index is -0.0944. The summed E-state index contributed by atoms with van der Waals surface area (Å²) in [6.45, 7) is 4.05. The minimum Gasteiger partial charge on any atom is -0.496 e. The lowest BCUT2D eigenvalue weighted by molar-refractivity contribution is 0.0935. The molecular weight excluding hydrogens is 282 g/mol. The monoisotopic (exact) mass is 299 g/mol. The molecule has 17 heavy (non-hydrogen) atoms. The van der Waals surface area contributed by atoms with Crippen molar-refractivity contribution in [1.82, 2.24) is 5.32 Å². The van der Waals surface area contributed by atoms with E-state index < -0.39 is 0 Å². The average molecular weight is 300 g/mol. The average Bonchev–Trinajstić information content (AvgIpc) is 2.27. The number of amides is 1. The Morgan fingerprint density at radius 2 is 2.06 bits per heavy atom. The molecule has 3 nitrogen and oxygen atoms in total. The van der Waals surface area contributed by atoms with E-state index in [0.29, 0.717) is 16.1 Å². The second-order valence-corrected chi connectivity index (χ2v) is 5.65. The highest BCUT2D eigenvalue weighted by atomic mass is 79.9. The smallest absolute Gasteiger partial charge is 0.255 e. The van der Waals surface area contributed by atoms with Crippen molar-refractivity contribution < 1.29 is 9.53 Å². The maximum absolute atomic E-state index is 12.0. The van der Waals surface area contributed by atoms with Crippen LogP contribution in [-0.4, -0.2) is 23.9 Å². The SMILES string of the molecule is COc1ccccc1C(=O)NC(C)CC(C)Br. The number of rotatable bonds is 5. The van der Waals surface area contributed by atoms with Crippen LogP contribution < -0.4 is 10.1 Å². The van der Waals surface area contributed by atoms with Crippen LogP contribution in [0.15, 0.2) is 24.3 Å². The van der Waals surface area contributed by atoms with Gasteiger partial charge in [-0.25, -0.2) is 0 Å². The number of halogens is 1. The molecule has 2 atom stereocenters. The number of carbonyl (C=O) groups excluding carboxylic acids is 1. The quantitative estimate of drug-likeness (QED) is 0.849. The van der Waals surface area contributed by atoms with Gasteiger partial charge in [-0.3, -0.25) is 4.79 Å². The summed E-state index contributed by atoms with van der Waals surface area (Å²) < 4.78 is 5.16. The zero-order valence-corrected chi connectivity index (χ0v) is 12.0. The minimum absolute atomic E-state index is 0.0944. The Labute approximate surface area is 111 Å². The van der Waals surface area contributed by atoms with E-state index in [1.165, 1.54) is 0 Å². The van der Waals surface area contributed by atoms with Gasteiger partial charge in [0.15, 0.2) is 0 Å². The standard InChI is InChI=1S/C13H18BrNO2/c1-9(14)8-10(2)15-13(16)11-6-4-5-7-12(11)17-3/h4-7,9-10H,8H2,1-3H3,(H,15,16). The van der Waals surface area contributed by atoms with Crippen molar-refractivity contribution in [2.45, 2.75) is 31.1 Å². The number of methoxy groups -OCH3 is 1. The third kappa shape index (κ3) is 4.38. The van der Waals surface area contributed by atoms with Gasteiger partial charge in [-0.15, -0.1) is 0 Å². The second kappa shape index (κ2) is 6.64. The predicted molar refractivity (Wildman–Crippen MR) is 72.9 cm³/mol. The molecule has 0 radical (unpaired) electrons. The van der Waals surface area contributed by atoms with Crippen LogP contribution >= 0.6 is 15.9 Å². The first-order chi connectivity index (χ1) is 8.04. The van der Waals surface area contributed by atoms with Crippen molar-refractivity contribution in [1.29, 1.82) is 0 Å². The fourth-order valence-electron chi connectivity index (χ4n) is 1.68. The molecule has 1 amide bonds. The zero-order chi connectivity index (χ0) is 12.8. The van der Waals surface area contributed by atoms with Crippen LogP contribution in [0.2, 0.25) is 0 Å².